The maximum absolute atomic E-state index is 11.7. The van der Waals surface area contributed by atoms with E-state index in [1.54, 1.807) is 22.6 Å². The van der Waals surface area contributed by atoms with Crippen LogP contribution in [0.1, 0.15) is 6.42 Å². The van der Waals surface area contributed by atoms with E-state index in [2.05, 4.69) is 4.74 Å². The minimum Gasteiger partial charge on any atom is -0.331 e. The number of amides is 1. The normalized spacial score (nSPS) is 23.7. The van der Waals surface area contributed by atoms with E-state index >= 15 is 0 Å². The number of hydrogen-bond donors (Lipinski definition) is 0. The molecule has 1 heterocycles. The topological polar surface area (TPSA) is 29.5 Å². The van der Waals surface area contributed by atoms with E-state index in [1.165, 1.54) is 4.90 Å². The summed E-state index contributed by atoms with van der Waals surface area (Å²) in [7, 11) is 0. The minimum absolute atomic E-state index is 0.118. The molecular weight excluding hydrogens is 283 g/mol. The lowest BCUT2D eigenvalue weighted by molar-refractivity contribution is -0.158. The van der Waals surface area contributed by atoms with Gasteiger partial charge in [-0.05, 0) is 6.42 Å². The summed E-state index contributed by atoms with van der Waals surface area (Å²) in [6, 6.07) is 0. The van der Waals surface area contributed by atoms with Crippen LogP contribution in [0.2, 0.25) is 0 Å². The summed E-state index contributed by atoms with van der Waals surface area (Å²) < 4.78 is 27.5. The van der Waals surface area contributed by atoms with Crippen molar-refractivity contribution < 1.29 is 18.3 Å². The van der Waals surface area contributed by atoms with Gasteiger partial charge in [-0.15, -0.1) is 0 Å². The van der Waals surface area contributed by atoms with Crippen molar-refractivity contribution in [3.8, 4) is 0 Å². The van der Waals surface area contributed by atoms with Gasteiger partial charge in [0, 0.05) is 35.7 Å². The van der Waals surface area contributed by atoms with Crippen LogP contribution in [0, 0.1) is 0 Å². The van der Waals surface area contributed by atoms with Crippen LogP contribution < -0.4 is 0 Å². The lowest BCUT2D eigenvalue weighted by Crippen LogP contribution is -2.25. The number of halogens is 3. The average Bonchev–Trinajstić information content (AvgIpc) is 2.34. The van der Waals surface area contributed by atoms with Crippen molar-refractivity contribution in [2.75, 3.05) is 13.1 Å². The summed E-state index contributed by atoms with van der Waals surface area (Å²) in [5, 5.41) is 0. The largest absolute Gasteiger partial charge is 0.345 e. The Bertz CT molecular complexity index is 179. The molecule has 1 rings (SSSR count). The molecule has 1 amide bonds. The summed E-state index contributed by atoms with van der Waals surface area (Å²) in [4.78, 5) is 12.2. The Morgan fingerprint density at radius 3 is 2.75 bits per heavy atom. The van der Waals surface area contributed by atoms with Gasteiger partial charge in [0.05, 0.1) is 6.10 Å². The number of nitrogens with zero attached hydrogens (tertiary/aromatic N) is 1. The molecule has 1 fully saturated rings. The molecule has 0 aromatic carbocycles. The lowest BCUT2D eigenvalue weighted by atomic mass is 10.3. The molecule has 1 aliphatic heterocycles. The van der Waals surface area contributed by atoms with Crippen LogP contribution in [0.15, 0.2) is 0 Å². The summed E-state index contributed by atoms with van der Waals surface area (Å²) in [6.07, 6.45) is 0.00253. The zero-order valence-corrected chi connectivity index (χ0v) is 8.33. The number of ether oxygens (including phenoxy) is 1. The molecule has 0 aromatic heterocycles. The van der Waals surface area contributed by atoms with Crippen molar-refractivity contribution in [3.05, 3.63) is 0 Å². The molecular formula is C6H8F2INO2. The molecule has 70 valence electrons. The van der Waals surface area contributed by atoms with Gasteiger partial charge in [0.1, 0.15) is 0 Å². The van der Waals surface area contributed by atoms with Crippen molar-refractivity contribution in [1.29, 1.82) is 0 Å². The molecule has 0 spiro atoms. The first-order chi connectivity index (χ1) is 5.59. The molecule has 6 heteroatoms. The van der Waals surface area contributed by atoms with E-state index in [9.17, 15) is 13.6 Å². The van der Waals surface area contributed by atoms with Crippen LogP contribution >= 0.6 is 22.6 Å². The number of hydrogen-bond acceptors (Lipinski definition) is 2. The molecule has 1 atom stereocenters. The highest BCUT2D eigenvalue weighted by Crippen LogP contribution is 2.17. The van der Waals surface area contributed by atoms with Crippen LogP contribution in [-0.4, -0.2) is 34.6 Å². The molecule has 1 aliphatic rings. The van der Waals surface area contributed by atoms with E-state index in [0.29, 0.717) is 13.0 Å². The first kappa shape index (κ1) is 10.1. The van der Waals surface area contributed by atoms with Crippen LogP contribution in [0.25, 0.3) is 0 Å². The van der Waals surface area contributed by atoms with Crippen molar-refractivity contribution in [2.45, 2.75) is 19.1 Å². The predicted octanol–water partition coefficient (Wildman–Crippen LogP) is 1.85. The molecule has 0 aliphatic carbocycles. The highest BCUT2D eigenvalue weighted by molar-refractivity contribution is 14.1. The average molecular weight is 291 g/mol. The summed E-state index contributed by atoms with van der Waals surface area (Å²) in [5.74, 6) is 0. The third kappa shape index (κ3) is 2.81. The third-order valence-electron chi connectivity index (χ3n) is 1.69. The maximum atomic E-state index is 11.7. The standard InChI is InChI=1S/C6H8F2INO2/c7-5(8)12-4-1-2-10(3-4)6(9)11/h4-5H,1-3H2. The van der Waals surface area contributed by atoms with Crippen molar-refractivity contribution in [2.24, 2.45) is 0 Å². The van der Waals surface area contributed by atoms with Gasteiger partial charge in [0.2, 0.25) is 0 Å². The Balaban J connectivity index is 2.30. The number of likely N-dealkylation sites (tertiary alicyclic amines) is 1. The Morgan fingerprint density at radius 1 is 1.67 bits per heavy atom. The quantitative estimate of drug-likeness (QED) is 0.441. The molecule has 1 saturated heterocycles. The second kappa shape index (κ2) is 4.31. The number of carbonyl (C=O) groups is 1. The van der Waals surface area contributed by atoms with Crippen molar-refractivity contribution in [1.82, 2.24) is 4.90 Å². The van der Waals surface area contributed by atoms with Crippen molar-refractivity contribution >= 4 is 26.5 Å². The Morgan fingerprint density at radius 2 is 2.33 bits per heavy atom. The molecule has 0 aromatic rings. The van der Waals surface area contributed by atoms with E-state index in [4.69, 9.17) is 0 Å². The zero-order valence-electron chi connectivity index (χ0n) is 6.17. The fourth-order valence-corrected chi connectivity index (χ4v) is 1.58. The predicted molar refractivity (Wildman–Crippen MR) is 46.5 cm³/mol. The van der Waals surface area contributed by atoms with E-state index in [-0.39, 0.29) is 10.5 Å². The number of rotatable bonds is 2. The zero-order chi connectivity index (χ0) is 9.14. The molecule has 0 bridgehead atoms. The van der Waals surface area contributed by atoms with Crippen LogP contribution in [0.3, 0.4) is 0 Å². The molecule has 1 unspecified atom stereocenters. The Kier molecular flexibility index (Phi) is 3.63. The molecule has 3 nitrogen and oxygen atoms in total. The van der Waals surface area contributed by atoms with Crippen LogP contribution in [0.4, 0.5) is 13.6 Å². The second-order valence-electron chi connectivity index (χ2n) is 2.51. The summed E-state index contributed by atoms with van der Waals surface area (Å²) in [6.45, 7) is -1.94. The fourth-order valence-electron chi connectivity index (χ4n) is 1.14. The first-order valence-electron chi connectivity index (χ1n) is 3.47. The van der Waals surface area contributed by atoms with Crippen molar-refractivity contribution in [3.63, 3.8) is 0 Å². The fraction of sp³-hybridized carbons (Fsp3) is 0.833. The summed E-state index contributed by atoms with van der Waals surface area (Å²) in [5.41, 5.74) is 0. The van der Waals surface area contributed by atoms with Gasteiger partial charge in [0.15, 0.2) is 0 Å². The highest BCUT2D eigenvalue weighted by atomic mass is 127. The van der Waals surface area contributed by atoms with Gasteiger partial charge in [-0.1, -0.05) is 0 Å². The highest BCUT2D eigenvalue weighted by Gasteiger charge is 2.27. The summed E-state index contributed by atoms with van der Waals surface area (Å²) >= 11 is 1.63. The van der Waals surface area contributed by atoms with Gasteiger partial charge in [-0.3, -0.25) is 4.79 Å². The van der Waals surface area contributed by atoms with E-state index in [0.717, 1.165) is 0 Å². The molecule has 12 heavy (non-hydrogen) atoms. The molecule has 0 radical (unpaired) electrons. The maximum Gasteiger partial charge on any atom is 0.345 e. The van der Waals surface area contributed by atoms with E-state index < -0.39 is 12.7 Å². The number of carbonyl (C=O) groups excluding carboxylic acids is 1. The molecule has 0 saturated carbocycles. The monoisotopic (exact) mass is 291 g/mol. The van der Waals surface area contributed by atoms with Gasteiger partial charge in [0.25, 0.3) is 3.91 Å². The van der Waals surface area contributed by atoms with E-state index in [1.807, 2.05) is 0 Å². The van der Waals surface area contributed by atoms with Crippen LogP contribution in [0.5, 0.6) is 0 Å². The number of alkyl halides is 2. The Hall–Kier alpha value is 0.0200. The SMILES string of the molecule is O=C(I)N1CCC(OC(F)F)C1. The Labute approximate surface area is 82.2 Å². The van der Waals surface area contributed by atoms with Crippen LogP contribution in [-0.2, 0) is 4.74 Å². The smallest absolute Gasteiger partial charge is 0.331 e. The first-order valence-corrected chi connectivity index (χ1v) is 4.55. The minimum atomic E-state index is -2.74. The van der Waals surface area contributed by atoms with Gasteiger partial charge < -0.3 is 9.64 Å². The van der Waals surface area contributed by atoms with Gasteiger partial charge >= 0.3 is 6.61 Å². The van der Waals surface area contributed by atoms with Gasteiger partial charge in [-0.2, -0.15) is 8.78 Å². The third-order valence-corrected chi connectivity index (χ3v) is 2.37. The lowest BCUT2D eigenvalue weighted by Gasteiger charge is -2.12. The van der Waals surface area contributed by atoms with Gasteiger partial charge in [-0.25, -0.2) is 0 Å². The second-order valence-corrected chi connectivity index (χ2v) is 3.43. The molecule has 0 N–H and O–H groups in total.